The lowest BCUT2D eigenvalue weighted by Crippen LogP contribution is -2.24. The van der Waals surface area contributed by atoms with Gasteiger partial charge in [0, 0.05) is 13.0 Å². The van der Waals surface area contributed by atoms with Crippen LogP contribution in [0.3, 0.4) is 0 Å². The summed E-state index contributed by atoms with van der Waals surface area (Å²) in [6, 6.07) is 5.92. The molecule has 22 heavy (non-hydrogen) atoms. The molecule has 0 fully saturated rings. The molecule has 0 amide bonds. The van der Waals surface area contributed by atoms with Crippen molar-refractivity contribution in [1.29, 1.82) is 0 Å². The molecule has 0 aliphatic heterocycles. The molecule has 0 saturated heterocycles. The maximum Gasteiger partial charge on any atom is 0.303 e. The molecule has 0 aliphatic carbocycles. The molecule has 0 atom stereocenters. The van der Waals surface area contributed by atoms with Crippen LogP contribution in [0.2, 0.25) is 0 Å². The molecule has 126 valence electrons. The van der Waals surface area contributed by atoms with Crippen molar-refractivity contribution >= 4 is 18.4 Å². The highest BCUT2D eigenvalue weighted by molar-refractivity contribution is 5.85. The van der Waals surface area contributed by atoms with Crippen molar-refractivity contribution in [2.24, 2.45) is 0 Å². The van der Waals surface area contributed by atoms with E-state index >= 15 is 0 Å². The largest absolute Gasteiger partial charge is 0.493 e. The van der Waals surface area contributed by atoms with Gasteiger partial charge >= 0.3 is 5.97 Å². The Labute approximate surface area is 138 Å². The van der Waals surface area contributed by atoms with E-state index in [-0.39, 0.29) is 18.8 Å². The van der Waals surface area contributed by atoms with Crippen LogP contribution in [0.4, 0.5) is 0 Å². The second kappa shape index (κ2) is 11.2. The molecule has 0 spiro atoms. The number of hydrogen-bond acceptors (Lipinski definition) is 4. The monoisotopic (exact) mass is 331 g/mol. The zero-order valence-electron chi connectivity index (χ0n) is 13.5. The Bertz CT molecular complexity index is 454. The molecule has 0 heterocycles. The molecule has 1 N–H and O–H groups in total. The Balaban J connectivity index is 0.00000441. The van der Waals surface area contributed by atoms with E-state index in [0.717, 1.165) is 49.5 Å². The number of unbranched alkanes of at least 4 members (excludes halogenated alkanes) is 1. The minimum Gasteiger partial charge on any atom is -0.493 e. The second-order valence-corrected chi connectivity index (χ2v) is 4.91. The van der Waals surface area contributed by atoms with Crippen LogP contribution in [-0.2, 0) is 11.3 Å². The van der Waals surface area contributed by atoms with Crippen LogP contribution in [0.25, 0.3) is 0 Å². The number of aliphatic carboxylic acids is 1. The molecule has 0 aliphatic rings. The van der Waals surface area contributed by atoms with E-state index in [9.17, 15) is 4.79 Å². The van der Waals surface area contributed by atoms with Crippen LogP contribution < -0.4 is 9.47 Å². The van der Waals surface area contributed by atoms with E-state index in [1.54, 1.807) is 14.2 Å². The van der Waals surface area contributed by atoms with Crippen LogP contribution >= 0.6 is 12.4 Å². The van der Waals surface area contributed by atoms with Crippen molar-refractivity contribution in [3.63, 3.8) is 0 Å². The summed E-state index contributed by atoms with van der Waals surface area (Å²) in [6.07, 6.45) is 1.86. The lowest BCUT2D eigenvalue weighted by Gasteiger charge is -2.21. The van der Waals surface area contributed by atoms with E-state index < -0.39 is 5.97 Å². The average molecular weight is 332 g/mol. The summed E-state index contributed by atoms with van der Waals surface area (Å²) in [5.74, 6) is 0.737. The summed E-state index contributed by atoms with van der Waals surface area (Å²) in [5, 5.41) is 8.64. The summed E-state index contributed by atoms with van der Waals surface area (Å²) in [7, 11) is 3.25. The topological polar surface area (TPSA) is 59.0 Å². The Hall–Kier alpha value is -1.46. The molecule has 1 aromatic rings. The lowest BCUT2D eigenvalue weighted by atomic mass is 10.1. The molecule has 1 aromatic carbocycles. The SMILES string of the molecule is CCN(CCCCC(=O)O)Cc1ccc(OC)c(OC)c1.Cl. The highest BCUT2D eigenvalue weighted by Gasteiger charge is 2.08. The van der Waals surface area contributed by atoms with E-state index in [1.165, 1.54) is 0 Å². The molecule has 0 saturated carbocycles. The van der Waals surface area contributed by atoms with Gasteiger partial charge in [0.2, 0.25) is 0 Å². The van der Waals surface area contributed by atoms with Gasteiger partial charge in [0.15, 0.2) is 11.5 Å². The maximum atomic E-state index is 10.5. The van der Waals surface area contributed by atoms with Gasteiger partial charge in [-0.1, -0.05) is 13.0 Å². The van der Waals surface area contributed by atoms with Crippen molar-refractivity contribution in [3.05, 3.63) is 23.8 Å². The van der Waals surface area contributed by atoms with Crippen LogP contribution in [-0.4, -0.2) is 43.3 Å². The van der Waals surface area contributed by atoms with Gasteiger partial charge < -0.3 is 14.6 Å². The third kappa shape index (κ3) is 7.00. The predicted octanol–water partition coefficient (Wildman–Crippen LogP) is 3.20. The number of nitrogens with zero attached hydrogens (tertiary/aromatic N) is 1. The number of carboxylic acids is 1. The normalized spacial score (nSPS) is 10.2. The van der Waals surface area contributed by atoms with E-state index in [4.69, 9.17) is 14.6 Å². The fraction of sp³-hybridized carbons (Fsp3) is 0.562. The summed E-state index contributed by atoms with van der Waals surface area (Å²) < 4.78 is 10.5. The average Bonchev–Trinajstić information content (AvgIpc) is 2.49. The quantitative estimate of drug-likeness (QED) is 0.667. The number of rotatable bonds is 10. The molecule has 6 heteroatoms. The summed E-state index contributed by atoms with van der Waals surface area (Å²) >= 11 is 0. The summed E-state index contributed by atoms with van der Waals surface area (Å²) in [6.45, 7) is 4.77. The Kier molecular flexibility index (Phi) is 10.4. The molecular formula is C16H26ClNO4. The Morgan fingerprint density at radius 3 is 2.41 bits per heavy atom. The Morgan fingerprint density at radius 2 is 1.86 bits per heavy atom. The first kappa shape index (κ1) is 20.5. The van der Waals surface area contributed by atoms with Crippen LogP contribution in [0.5, 0.6) is 11.5 Å². The Morgan fingerprint density at radius 1 is 1.18 bits per heavy atom. The van der Waals surface area contributed by atoms with Gasteiger partial charge in [0.25, 0.3) is 0 Å². The molecule has 0 unspecified atom stereocenters. The van der Waals surface area contributed by atoms with Crippen LogP contribution in [0.15, 0.2) is 18.2 Å². The third-order valence-electron chi connectivity index (χ3n) is 3.42. The van der Waals surface area contributed by atoms with Crippen molar-refractivity contribution in [3.8, 4) is 11.5 Å². The van der Waals surface area contributed by atoms with Gasteiger partial charge in [-0.05, 0) is 43.6 Å². The van der Waals surface area contributed by atoms with E-state index in [2.05, 4.69) is 11.8 Å². The first-order chi connectivity index (χ1) is 10.1. The number of ether oxygens (including phenoxy) is 2. The minimum absolute atomic E-state index is 0. The molecule has 5 nitrogen and oxygen atoms in total. The van der Waals surface area contributed by atoms with Gasteiger partial charge in [-0.2, -0.15) is 0 Å². The number of carbonyl (C=O) groups is 1. The van der Waals surface area contributed by atoms with E-state index in [1.807, 2.05) is 18.2 Å². The lowest BCUT2D eigenvalue weighted by molar-refractivity contribution is -0.137. The first-order valence-corrected chi connectivity index (χ1v) is 7.25. The molecule has 0 bridgehead atoms. The standard InChI is InChI=1S/C16H25NO4.ClH/c1-4-17(10-6-5-7-16(18)19)12-13-8-9-14(20-2)15(11-13)21-3;/h8-9,11H,4-7,10,12H2,1-3H3,(H,18,19);1H. The van der Waals surface area contributed by atoms with E-state index in [0.29, 0.717) is 0 Å². The zero-order valence-corrected chi connectivity index (χ0v) is 14.3. The first-order valence-electron chi connectivity index (χ1n) is 7.25. The number of halogens is 1. The van der Waals surface area contributed by atoms with Crippen molar-refractivity contribution in [2.45, 2.75) is 32.7 Å². The van der Waals surface area contributed by atoms with Crippen LogP contribution in [0, 0.1) is 0 Å². The maximum absolute atomic E-state index is 10.5. The van der Waals surface area contributed by atoms with Crippen molar-refractivity contribution in [2.75, 3.05) is 27.3 Å². The molecule has 0 radical (unpaired) electrons. The highest BCUT2D eigenvalue weighted by atomic mass is 35.5. The van der Waals surface area contributed by atoms with Gasteiger partial charge in [-0.15, -0.1) is 12.4 Å². The van der Waals surface area contributed by atoms with Crippen LogP contribution in [0.1, 0.15) is 31.7 Å². The molecular weight excluding hydrogens is 306 g/mol. The second-order valence-electron chi connectivity index (χ2n) is 4.91. The molecule has 0 aromatic heterocycles. The number of hydrogen-bond donors (Lipinski definition) is 1. The zero-order chi connectivity index (χ0) is 15.7. The van der Waals surface area contributed by atoms with Crippen molar-refractivity contribution < 1.29 is 19.4 Å². The van der Waals surface area contributed by atoms with Gasteiger partial charge in [0.1, 0.15) is 0 Å². The third-order valence-corrected chi connectivity index (χ3v) is 3.42. The fourth-order valence-corrected chi connectivity index (χ4v) is 2.20. The summed E-state index contributed by atoms with van der Waals surface area (Å²) in [5.41, 5.74) is 1.16. The van der Waals surface area contributed by atoms with Crippen molar-refractivity contribution in [1.82, 2.24) is 4.90 Å². The van der Waals surface area contributed by atoms with Gasteiger partial charge in [0.05, 0.1) is 14.2 Å². The number of benzene rings is 1. The van der Waals surface area contributed by atoms with Gasteiger partial charge in [-0.3, -0.25) is 9.69 Å². The highest BCUT2D eigenvalue weighted by Crippen LogP contribution is 2.28. The smallest absolute Gasteiger partial charge is 0.303 e. The predicted molar refractivity (Wildman–Crippen MR) is 89.2 cm³/mol. The minimum atomic E-state index is -0.724. The number of methoxy groups -OCH3 is 2. The fourth-order valence-electron chi connectivity index (χ4n) is 2.20. The number of carboxylic acid groups (broad SMARTS) is 1. The van der Waals surface area contributed by atoms with Gasteiger partial charge in [-0.25, -0.2) is 0 Å². The summed E-state index contributed by atoms with van der Waals surface area (Å²) in [4.78, 5) is 12.8. The molecule has 1 rings (SSSR count).